The third kappa shape index (κ3) is 6.97. The fraction of sp³-hybridized carbons (Fsp3) is 0.208. The van der Waals surface area contributed by atoms with E-state index in [2.05, 4.69) is 5.32 Å². The van der Waals surface area contributed by atoms with Crippen LogP contribution < -0.4 is 10.1 Å². The van der Waals surface area contributed by atoms with E-state index in [9.17, 15) is 9.90 Å². The van der Waals surface area contributed by atoms with E-state index >= 15 is 0 Å². The summed E-state index contributed by atoms with van der Waals surface area (Å²) in [5, 5.41) is 13.7. The summed E-state index contributed by atoms with van der Waals surface area (Å²) in [4.78, 5) is 14.0. The van der Waals surface area contributed by atoms with Crippen LogP contribution in [-0.2, 0) is 4.79 Å². The lowest BCUT2D eigenvalue weighted by Gasteiger charge is -2.20. The van der Waals surface area contributed by atoms with Gasteiger partial charge in [0.2, 0.25) is 5.91 Å². The Bertz CT molecular complexity index is 977. The summed E-state index contributed by atoms with van der Waals surface area (Å²) in [7, 11) is 1.74. The molecule has 0 heterocycles. The molecule has 0 saturated heterocycles. The zero-order valence-corrected chi connectivity index (χ0v) is 18.6. The molecular weight excluding hydrogens is 435 g/mol. The number of nitrogens with zero attached hydrogens (tertiary/aromatic N) is 1. The van der Waals surface area contributed by atoms with E-state index in [1.165, 1.54) is 0 Å². The van der Waals surface area contributed by atoms with Gasteiger partial charge in [-0.3, -0.25) is 9.69 Å². The molecule has 0 saturated carbocycles. The molecule has 0 spiro atoms. The van der Waals surface area contributed by atoms with E-state index in [0.717, 1.165) is 11.1 Å². The quantitative estimate of drug-likeness (QED) is 0.475. The molecule has 5 nitrogen and oxygen atoms in total. The number of likely N-dealkylation sites (N-methyl/N-ethyl adjacent to an activating group) is 1. The van der Waals surface area contributed by atoms with Gasteiger partial charge >= 0.3 is 0 Å². The van der Waals surface area contributed by atoms with Crippen molar-refractivity contribution < 1.29 is 14.6 Å². The van der Waals surface area contributed by atoms with Crippen molar-refractivity contribution in [3.8, 4) is 16.9 Å². The van der Waals surface area contributed by atoms with Gasteiger partial charge in [-0.1, -0.05) is 71.7 Å². The lowest BCUT2D eigenvalue weighted by atomic mass is 10.1. The molecule has 162 valence electrons. The van der Waals surface area contributed by atoms with Gasteiger partial charge in [-0.15, -0.1) is 0 Å². The fourth-order valence-corrected chi connectivity index (χ4v) is 3.58. The highest BCUT2D eigenvalue weighted by Gasteiger charge is 2.15. The lowest BCUT2D eigenvalue weighted by Crippen LogP contribution is -2.37. The minimum absolute atomic E-state index is 0.0738. The Morgan fingerprint density at radius 1 is 0.968 bits per heavy atom. The van der Waals surface area contributed by atoms with Crippen LogP contribution in [0.1, 0.15) is 0 Å². The maximum absolute atomic E-state index is 12.3. The zero-order valence-electron chi connectivity index (χ0n) is 17.1. The van der Waals surface area contributed by atoms with E-state index < -0.39 is 6.10 Å². The van der Waals surface area contributed by atoms with E-state index in [1.807, 2.05) is 54.6 Å². The first-order chi connectivity index (χ1) is 14.9. The number of amides is 1. The van der Waals surface area contributed by atoms with Gasteiger partial charge < -0.3 is 15.2 Å². The first-order valence-electron chi connectivity index (χ1n) is 9.81. The predicted octanol–water partition coefficient (Wildman–Crippen LogP) is 4.97. The third-order valence-electron chi connectivity index (χ3n) is 4.57. The van der Waals surface area contributed by atoms with Crippen LogP contribution in [-0.4, -0.2) is 48.8 Å². The highest BCUT2D eigenvalue weighted by molar-refractivity contribution is 6.39. The zero-order chi connectivity index (χ0) is 22.2. The Morgan fingerprint density at radius 2 is 1.58 bits per heavy atom. The Labute approximate surface area is 192 Å². The van der Waals surface area contributed by atoms with E-state index in [-0.39, 0.29) is 25.6 Å². The van der Waals surface area contributed by atoms with Crippen LogP contribution in [0.3, 0.4) is 0 Å². The second-order valence-electron chi connectivity index (χ2n) is 7.20. The third-order valence-corrected chi connectivity index (χ3v) is 5.20. The number of halogens is 2. The number of aliphatic hydroxyl groups is 1. The normalized spacial score (nSPS) is 11.9. The molecular formula is C24H24Cl2N2O3. The topological polar surface area (TPSA) is 61.8 Å². The second kappa shape index (κ2) is 11.2. The van der Waals surface area contributed by atoms with Crippen LogP contribution in [0.2, 0.25) is 10.0 Å². The van der Waals surface area contributed by atoms with Gasteiger partial charge in [0, 0.05) is 6.54 Å². The van der Waals surface area contributed by atoms with Gasteiger partial charge in [-0.25, -0.2) is 0 Å². The van der Waals surface area contributed by atoms with Crippen LogP contribution in [0.25, 0.3) is 11.1 Å². The number of carbonyl (C=O) groups excluding carboxylic acids is 1. The van der Waals surface area contributed by atoms with E-state index in [0.29, 0.717) is 21.5 Å². The average molecular weight is 459 g/mol. The van der Waals surface area contributed by atoms with Gasteiger partial charge in [0.15, 0.2) is 0 Å². The monoisotopic (exact) mass is 458 g/mol. The smallest absolute Gasteiger partial charge is 0.238 e. The molecule has 1 atom stereocenters. The molecule has 3 aromatic rings. The molecule has 0 aromatic heterocycles. The van der Waals surface area contributed by atoms with Crippen molar-refractivity contribution in [1.29, 1.82) is 0 Å². The molecule has 0 aliphatic heterocycles. The number of hydrogen-bond donors (Lipinski definition) is 2. The predicted molar refractivity (Wildman–Crippen MR) is 126 cm³/mol. The van der Waals surface area contributed by atoms with E-state index in [1.54, 1.807) is 30.1 Å². The fourth-order valence-electron chi connectivity index (χ4n) is 3.08. The van der Waals surface area contributed by atoms with Crippen molar-refractivity contribution in [2.75, 3.05) is 32.1 Å². The number of nitrogens with one attached hydrogen (secondary N) is 1. The summed E-state index contributed by atoms with van der Waals surface area (Å²) >= 11 is 12.1. The van der Waals surface area contributed by atoms with E-state index in [4.69, 9.17) is 27.9 Å². The summed E-state index contributed by atoms with van der Waals surface area (Å²) in [6, 6.07) is 22.8. The molecule has 31 heavy (non-hydrogen) atoms. The minimum atomic E-state index is -0.754. The van der Waals surface area contributed by atoms with Gasteiger partial charge in [-0.2, -0.15) is 0 Å². The summed E-state index contributed by atoms with van der Waals surface area (Å²) in [5.41, 5.74) is 2.61. The van der Waals surface area contributed by atoms with Crippen LogP contribution in [0.15, 0.2) is 72.8 Å². The van der Waals surface area contributed by atoms with Gasteiger partial charge in [-0.05, 0) is 42.4 Å². The molecule has 0 radical (unpaired) electrons. The number of rotatable bonds is 9. The SMILES string of the molecule is CN(CC(=O)Nc1c(Cl)cccc1Cl)C[C@@H](O)COc1ccc(-c2ccccc2)cc1. The first kappa shape index (κ1) is 23.1. The summed E-state index contributed by atoms with van der Waals surface area (Å²) in [5.74, 6) is 0.398. The molecule has 0 aliphatic rings. The molecule has 1 amide bonds. The molecule has 3 aromatic carbocycles. The standard InChI is InChI=1S/C24H24Cl2N2O3/c1-28(15-23(30)27-24-21(25)8-5-9-22(24)26)14-19(29)16-31-20-12-10-18(11-13-20)17-6-3-2-4-7-17/h2-13,19,29H,14-16H2,1H3,(H,27,30)/t19-/m1/s1. The highest BCUT2D eigenvalue weighted by Crippen LogP contribution is 2.29. The van der Waals surface area contributed by atoms with Crippen LogP contribution in [0.5, 0.6) is 5.75 Å². The lowest BCUT2D eigenvalue weighted by molar-refractivity contribution is -0.117. The van der Waals surface area contributed by atoms with Crippen molar-refractivity contribution in [2.45, 2.75) is 6.10 Å². The first-order valence-corrected chi connectivity index (χ1v) is 10.6. The summed E-state index contributed by atoms with van der Waals surface area (Å²) in [6.45, 7) is 0.461. The largest absolute Gasteiger partial charge is 0.491 e. The van der Waals surface area contributed by atoms with Gasteiger partial charge in [0.05, 0.1) is 22.3 Å². The van der Waals surface area contributed by atoms with Gasteiger partial charge in [0.25, 0.3) is 0 Å². The summed E-state index contributed by atoms with van der Waals surface area (Å²) < 4.78 is 5.68. The number of aliphatic hydroxyl groups excluding tert-OH is 1. The maximum Gasteiger partial charge on any atom is 0.238 e. The number of benzene rings is 3. The Morgan fingerprint density at radius 3 is 2.23 bits per heavy atom. The van der Waals surface area contributed by atoms with Crippen molar-refractivity contribution in [1.82, 2.24) is 4.90 Å². The maximum atomic E-state index is 12.3. The van der Waals surface area contributed by atoms with Crippen LogP contribution in [0, 0.1) is 0 Å². The Balaban J connectivity index is 1.44. The molecule has 2 N–H and O–H groups in total. The highest BCUT2D eigenvalue weighted by atomic mass is 35.5. The van der Waals surface area contributed by atoms with Crippen molar-refractivity contribution in [2.24, 2.45) is 0 Å². The number of anilines is 1. The summed E-state index contributed by atoms with van der Waals surface area (Å²) in [6.07, 6.45) is -0.754. The average Bonchev–Trinajstić information content (AvgIpc) is 2.76. The molecule has 0 aliphatic carbocycles. The second-order valence-corrected chi connectivity index (χ2v) is 8.01. The van der Waals surface area contributed by atoms with Crippen molar-refractivity contribution >= 4 is 34.8 Å². The number of hydrogen-bond acceptors (Lipinski definition) is 4. The van der Waals surface area contributed by atoms with Crippen molar-refractivity contribution in [3.05, 3.63) is 82.8 Å². The number of ether oxygens (including phenoxy) is 1. The Hall–Kier alpha value is -2.57. The van der Waals surface area contributed by atoms with Crippen LogP contribution in [0.4, 0.5) is 5.69 Å². The number of carbonyl (C=O) groups is 1. The molecule has 0 fully saturated rings. The van der Waals surface area contributed by atoms with Crippen LogP contribution >= 0.6 is 23.2 Å². The molecule has 0 unspecified atom stereocenters. The number of para-hydroxylation sites is 1. The molecule has 7 heteroatoms. The molecule has 0 bridgehead atoms. The van der Waals surface area contributed by atoms with Gasteiger partial charge in [0.1, 0.15) is 18.5 Å². The van der Waals surface area contributed by atoms with Crippen molar-refractivity contribution in [3.63, 3.8) is 0 Å². The molecule has 3 rings (SSSR count). The Kier molecular flexibility index (Phi) is 8.32. The minimum Gasteiger partial charge on any atom is -0.491 e.